The molecule has 0 spiro atoms. The van der Waals surface area contributed by atoms with Gasteiger partial charge in [0.05, 0.1) is 18.0 Å². The predicted molar refractivity (Wildman–Crippen MR) is 123 cm³/mol. The molecule has 2 heterocycles. The Kier molecular flexibility index (Phi) is 7.66. The quantitative estimate of drug-likeness (QED) is 0.413. The van der Waals surface area contributed by atoms with Gasteiger partial charge in [-0.1, -0.05) is 18.6 Å². The topological polar surface area (TPSA) is 57.5 Å². The molecule has 4 rings (SSSR count). The van der Waals surface area contributed by atoms with E-state index in [0.717, 1.165) is 50.3 Å². The molecule has 0 N–H and O–H groups in total. The molecule has 31 heavy (non-hydrogen) atoms. The number of piperidine rings is 1. The number of nitrogens with zero attached hydrogens (tertiary/aromatic N) is 4. The van der Waals surface area contributed by atoms with Crippen molar-refractivity contribution in [1.82, 2.24) is 9.80 Å². The van der Waals surface area contributed by atoms with Gasteiger partial charge in [-0.25, -0.2) is 0 Å². The number of carbonyl (C=O) groups is 1. The van der Waals surface area contributed by atoms with E-state index in [0.29, 0.717) is 17.9 Å². The maximum atomic E-state index is 12.6. The average Bonchev–Trinajstić information content (AvgIpc) is 3.36. The summed E-state index contributed by atoms with van der Waals surface area (Å²) in [5.74, 6) is 0.891. The Morgan fingerprint density at radius 3 is 2.29 bits per heavy atom. The van der Waals surface area contributed by atoms with E-state index in [-0.39, 0.29) is 5.91 Å². The van der Waals surface area contributed by atoms with Crippen molar-refractivity contribution >= 4 is 17.3 Å². The van der Waals surface area contributed by atoms with Gasteiger partial charge in [0.25, 0.3) is 5.91 Å². The van der Waals surface area contributed by atoms with Crippen LogP contribution in [0.4, 0.5) is 11.4 Å². The van der Waals surface area contributed by atoms with Crippen molar-refractivity contribution in [2.75, 3.05) is 39.3 Å². The molecule has 6 heteroatoms. The second-order valence-electron chi connectivity index (χ2n) is 8.35. The smallest absolute Gasteiger partial charge is 0.253 e. The van der Waals surface area contributed by atoms with Gasteiger partial charge in [0.2, 0.25) is 0 Å². The third-order valence-corrected chi connectivity index (χ3v) is 5.92. The summed E-state index contributed by atoms with van der Waals surface area (Å²) in [6.45, 7) is 5.94. The maximum absolute atomic E-state index is 12.6. The molecule has 2 aliphatic heterocycles. The molecule has 0 radical (unpaired) electrons. The Balaban J connectivity index is 1.30. The summed E-state index contributed by atoms with van der Waals surface area (Å²) in [6, 6.07) is 15.1. The molecule has 2 fully saturated rings. The van der Waals surface area contributed by atoms with Crippen molar-refractivity contribution in [2.45, 2.75) is 38.5 Å². The highest BCUT2D eigenvalue weighted by molar-refractivity contribution is 5.95. The average molecular weight is 421 g/mol. The fraction of sp³-hybridized carbons (Fsp3) is 0.480. The first-order valence-corrected chi connectivity index (χ1v) is 11.5. The molecular formula is C25H32N4O2. The van der Waals surface area contributed by atoms with Crippen LogP contribution in [0.2, 0.25) is 0 Å². The largest absolute Gasteiger partial charge is 0.493 e. The van der Waals surface area contributed by atoms with E-state index >= 15 is 0 Å². The van der Waals surface area contributed by atoms with Crippen LogP contribution in [0.15, 0.2) is 58.8 Å². The number of hydrogen-bond acceptors (Lipinski definition) is 5. The first-order valence-electron chi connectivity index (χ1n) is 11.5. The first kappa shape index (κ1) is 21.5. The zero-order valence-electron chi connectivity index (χ0n) is 18.2. The Hall–Kier alpha value is -2.73. The van der Waals surface area contributed by atoms with Crippen molar-refractivity contribution in [3.05, 3.63) is 54.1 Å². The summed E-state index contributed by atoms with van der Waals surface area (Å²) >= 11 is 0. The van der Waals surface area contributed by atoms with Gasteiger partial charge in [-0.05, 0) is 75.5 Å². The summed E-state index contributed by atoms with van der Waals surface area (Å²) < 4.78 is 5.92. The molecule has 2 aromatic rings. The van der Waals surface area contributed by atoms with Crippen LogP contribution in [0.25, 0.3) is 0 Å². The minimum Gasteiger partial charge on any atom is -0.493 e. The standard InChI is InChI=1S/C25H32N4O2/c30-25(29-16-4-5-17-29)21-9-6-10-22(19-21)26-27-23-11-7-12-24(20-23)31-18-8-15-28-13-2-1-3-14-28/h6-7,9-12,19-20H,1-5,8,13-18H2. The molecule has 1 amide bonds. The highest BCUT2D eigenvalue weighted by Crippen LogP contribution is 2.24. The van der Waals surface area contributed by atoms with Gasteiger partial charge in [0.15, 0.2) is 0 Å². The molecule has 0 aliphatic carbocycles. The number of azo groups is 1. The van der Waals surface area contributed by atoms with E-state index in [9.17, 15) is 4.79 Å². The summed E-state index contributed by atoms with van der Waals surface area (Å²) in [7, 11) is 0. The molecule has 6 nitrogen and oxygen atoms in total. The second kappa shape index (κ2) is 11.0. The molecule has 2 aromatic carbocycles. The summed E-state index contributed by atoms with van der Waals surface area (Å²) in [5, 5.41) is 8.69. The Labute approximate surface area is 184 Å². The number of hydrogen-bond donors (Lipinski definition) is 0. The number of amides is 1. The van der Waals surface area contributed by atoms with Crippen molar-refractivity contribution in [2.24, 2.45) is 10.2 Å². The molecule has 164 valence electrons. The molecule has 0 unspecified atom stereocenters. The van der Waals surface area contributed by atoms with Crippen LogP contribution in [-0.2, 0) is 0 Å². The van der Waals surface area contributed by atoms with Crippen LogP contribution < -0.4 is 4.74 Å². The third-order valence-electron chi connectivity index (χ3n) is 5.92. The molecule has 0 saturated carbocycles. The minimum absolute atomic E-state index is 0.0782. The molecule has 0 bridgehead atoms. The van der Waals surface area contributed by atoms with E-state index in [1.165, 1.54) is 32.4 Å². The van der Waals surface area contributed by atoms with Gasteiger partial charge < -0.3 is 14.5 Å². The zero-order chi connectivity index (χ0) is 21.3. The van der Waals surface area contributed by atoms with Gasteiger partial charge >= 0.3 is 0 Å². The SMILES string of the molecule is O=C(c1cccc(N=Nc2cccc(OCCCN3CCCCC3)c2)c1)N1CCCC1. The fourth-order valence-corrected chi connectivity index (χ4v) is 4.22. The van der Waals surface area contributed by atoms with Gasteiger partial charge in [0, 0.05) is 31.3 Å². The van der Waals surface area contributed by atoms with Gasteiger partial charge in [-0.15, -0.1) is 0 Å². The number of likely N-dealkylation sites (tertiary alicyclic amines) is 2. The van der Waals surface area contributed by atoms with Gasteiger partial charge in [-0.2, -0.15) is 10.2 Å². The number of benzene rings is 2. The molecular weight excluding hydrogens is 388 g/mol. The van der Waals surface area contributed by atoms with Crippen LogP contribution in [0.5, 0.6) is 5.75 Å². The predicted octanol–water partition coefficient (Wildman–Crippen LogP) is 5.59. The number of rotatable bonds is 8. The summed E-state index contributed by atoms with van der Waals surface area (Å²) in [4.78, 5) is 17.0. The normalized spacial score (nSPS) is 17.4. The summed E-state index contributed by atoms with van der Waals surface area (Å²) in [5.41, 5.74) is 2.09. The van der Waals surface area contributed by atoms with E-state index in [1.807, 2.05) is 53.4 Å². The molecule has 0 aromatic heterocycles. The number of carbonyl (C=O) groups excluding carboxylic acids is 1. The lowest BCUT2D eigenvalue weighted by Gasteiger charge is -2.26. The highest BCUT2D eigenvalue weighted by Gasteiger charge is 2.19. The van der Waals surface area contributed by atoms with Crippen molar-refractivity contribution in [3.8, 4) is 5.75 Å². The lowest BCUT2D eigenvalue weighted by molar-refractivity contribution is 0.0793. The van der Waals surface area contributed by atoms with Gasteiger partial charge in [-0.3, -0.25) is 4.79 Å². The second-order valence-corrected chi connectivity index (χ2v) is 8.35. The zero-order valence-corrected chi connectivity index (χ0v) is 18.2. The van der Waals surface area contributed by atoms with E-state index in [4.69, 9.17) is 4.74 Å². The van der Waals surface area contributed by atoms with Crippen LogP contribution in [-0.4, -0.2) is 55.0 Å². The highest BCUT2D eigenvalue weighted by atomic mass is 16.5. The van der Waals surface area contributed by atoms with Crippen LogP contribution in [0, 0.1) is 0 Å². The molecule has 0 atom stereocenters. The Morgan fingerprint density at radius 1 is 0.839 bits per heavy atom. The monoisotopic (exact) mass is 420 g/mol. The first-order chi connectivity index (χ1) is 15.3. The van der Waals surface area contributed by atoms with Crippen molar-refractivity contribution < 1.29 is 9.53 Å². The van der Waals surface area contributed by atoms with E-state index in [2.05, 4.69) is 15.1 Å². The molecule has 2 aliphatic rings. The van der Waals surface area contributed by atoms with Crippen molar-refractivity contribution in [3.63, 3.8) is 0 Å². The summed E-state index contributed by atoms with van der Waals surface area (Å²) in [6.07, 6.45) is 7.22. The fourth-order valence-electron chi connectivity index (χ4n) is 4.22. The minimum atomic E-state index is 0.0782. The molecule has 2 saturated heterocycles. The van der Waals surface area contributed by atoms with Crippen LogP contribution in [0.1, 0.15) is 48.9 Å². The Morgan fingerprint density at radius 2 is 1.52 bits per heavy atom. The maximum Gasteiger partial charge on any atom is 0.253 e. The third kappa shape index (κ3) is 6.37. The van der Waals surface area contributed by atoms with Crippen LogP contribution >= 0.6 is 0 Å². The van der Waals surface area contributed by atoms with E-state index < -0.39 is 0 Å². The van der Waals surface area contributed by atoms with E-state index in [1.54, 1.807) is 0 Å². The Bertz CT molecular complexity index is 887. The number of ether oxygens (including phenoxy) is 1. The van der Waals surface area contributed by atoms with Crippen LogP contribution in [0.3, 0.4) is 0 Å². The lowest BCUT2D eigenvalue weighted by atomic mass is 10.1. The van der Waals surface area contributed by atoms with Gasteiger partial charge in [0.1, 0.15) is 5.75 Å². The van der Waals surface area contributed by atoms with Crippen molar-refractivity contribution in [1.29, 1.82) is 0 Å². The lowest BCUT2D eigenvalue weighted by Crippen LogP contribution is -2.31.